The van der Waals surface area contributed by atoms with Crippen LogP contribution in [0.2, 0.25) is 0 Å². The average Bonchev–Trinajstić information content (AvgIpc) is 2.26. The van der Waals surface area contributed by atoms with Gasteiger partial charge in [-0.2, -0.15) is 0 Å². The standard InChI is InChI=1S/C14H22O/c1-2-3-4-5-6-7-8-9-10-11-12-13-14-15/h8-14H,2-7H2,1H3. The molecule has 84 valence electrons. The van der Waals surface area contributed by atoms with E-state index in [1.54, 1.807) is 6.08 Å². The second kappa shape index (κ2) is 12.9. The normalized spacial score (nSPS) is 12.1. The first-order valence-corrected chi connectivity index (χ1v) is 5.85. The van der Waals surface area contributed by atoms with E-state index in [4.69, 9.17) is 0 Å². The maximum Gasteiger partial charge on any atom is 0.142 e. The van der Waals surface area contributed by atoms with Crippen LogP contribution in [0.15, 0.2) is 36.5 Å². The van der Waals surface area contributed by atoms with E-state index in [1.165, 1.54) is 38.2 Å². The second-order valence-corrected chi connectivity index (χ2v) is 3.54. The number of allylic oxidation sites excluding steroid dienone is 6. The molecule has 1 nitrogen and oxygen atoms in total. The van der Waals surface area contributed by atoms with Gasteiger partial charge in [0.25, 0.3) is 0 Å². The molecule has 0 N–H and O–H groups in total. The van der Waals surface area contributed by atoms with Crippen molar-refractivity contribution in [2.45, 2.75) is 45.4 Å². The number of hydrogen-bond donors (Lipinski definition) is 0. The molecule has 0 aliphatic heterocycles. The summed E-state index contributed by atoms with van der Waals surface area (Å²) in [5.41, 5.74) is 0. The molecule has 0 saturated heterocycles. The quantitative estimate of drug-likeness (QED) is 0.239. The van der Waals surface area contributed by atoms with Gasteiger partial charge in [-0.05, 0) is 18.9 Å². The Morgan fingerprint density at radius 1 is 0.800 bits per heavy atom. The molecule has 0 amide bonds. The third-order valence-electron chi connectivity index (χ3n) is 2.13. The highest BCUT2D eigenvalue weighted by Gasteiger charge is 1.85. The average molecular weight is 206 g/mol. The van der Waals surface area contributed by atoms with Crippen LogP contribution < -0.4 is 0 Å². The van der Waals surface area contributed by atoms with Crippen molar-refractivity contribution in [3.63, 3.8) is 0 Å². The van der Waals surface area contributed by atoms with Gasteiger partial charge in [0, 0.05) is 0 Å². The number of carbonyl (C=O) groups is 1. The summed E-state index contributed by atoms with van der Waals surface area (Å²) in [6, 6.07) is 0. The fourth-order valence-electron chi connectivity index (χ4n) is 1.28. The molecule has 0 spiro atoms. The molecule has 0 heterocycles. The van der Waals surface area contributed by atoms with Gasteiger partial charge >= 0.3 is 0 Å². The SMILES string of the molecule is CCCCCCCC=CC=CC=CC=O. The summed E-state index contributed by atoms with van der Waals surface area (Å²) in [7, 11) is 0. The molecule has 0 unspecified atom stereocenters. The van der Waals surface area contributed by atoms with Gasteiger partial charge in [-0.25, -0.2) is 0 Å². The van der Waals surface area contributed by atoms with E-state index in [0.29, 0.717) is 0 Å². The summed E-state index contributed by atoms with van der Waals surface area (Å²) in [5.74, 6) is 0. The zero-order chi connectivity index (χ0) is 11.2. The maximum absolute atomic E-state index is 9.93. The van der Waals surface area contributed by atoms with Crippen LogP contribution in [0, 0.1) is 0 Å². The maximum atomic E-state index is 9.93. The Morgan fingerprint density at radius 3 is 2.20 bits per heavy atom. The third-order valence-corrected chi connectivity index (χ3v) is 2.13. The number of hydrogen-bond acceptors (Lipinski definition) is 1. The zero-order valence-corrected chi connectivity index (χ0v) is 9.69. The Kier molecular flexibility index (Phi) is 11.9. The first-order valence-electron chi connectivity index (χ1n) is 5.85. The molecule has 0 saturated carbocycles. The highest BCUT2D eigenvalue weighted by molar-refractivity contribution is 5.65. The molecule has 0 rings (SSSR count). The van der Waals surface area contributed by atoms with E-state index >= 15 is 0 Å². The first-order chi connectivity index (χ1) is 7.41. The molecule has 0 aromatic heterocycles. The van der Waals surface area contributed by atoms with Crippen molar-refractivity contribution >= 4 is 6.29 Å². The highest BCUT2D eigenvalue weighted by atomic mass is 16.1. The van der Waals surface area contributed by atoms with Crippen molar-refractivity contribution in [3.05, 3.63) is 36.5 Å². The zero-order valence-electron chi connectivity index (χ0n) is 9.69. The summed E-state index contributed by atoms with van der Waals surface area (Å²) in [5, 5.41) is 0. The topological polar surface area (TPSA) is 17.1 Å². The van der Waals surface area contributed by atoms with E-state index in [-0.39, 0.29) is 0 Å². The molecule has 1 heteroatoms. The minimum Gasteiger partial charge on any atom is -0.299 e. The number of aldehydes is 1. The van der Waals surface area contributed by atoms with Gasteiger partial charge in [-0.3, -0.25) is 4.79 Å². The van der Waals surface area contributed by atoms with Gasteiger partial charge in [0.1, 0.15) is 6.29 Å². The van der Waals surface area contributed by atoms with Crippen molar-refractivity contribution in [3.8, 4) is 0 Å². The molecule has 0 bridgehead atoms. The third kappa shape index (κ3) is 12.9. The van der Waals surface area contributed by atoms with Crippen molar-refractivity contribution < 1.29 is 4.79 Å². The van der Waals surface area contributed by atoms with Gasteiger partial charge in [0.15, 0.2) is 0 Å². The Balaban J connectivity index is 3.27. The largest absolute Gasteiger partial charge is 0.299 e. The predicted octanol–water partition coefficient (Wildman–Crippen LogP) is 4.21. The first kappa shape index (κ1) is 13.9. The number of unbranched alkanes of at least 4 members (excludes halogenated alkanes) is 5. The van der Waals surface area contributed by atoms with Gasteiger partial charge < -0.3 is 0 Å². The molecule has 0 aliphatic carbocycles. The van der Waals surface area contributed by atoms with Gasteiger partial charge in [0.2, 0.25) is 0 Å². The lowest BCUT2D eigenvalue weighted by Gasteiger charge is -1.95. The van der Waals surface area contributed by atoms with E-state index in [2.05, 4.69) is 13.0 Å². The van der Waals surface area contributed by atoms with Crippen LogP contribution in [-0.4, -0.2) is 6.29 Å². The van der Waals surface area contributed by atoms with Gasteiger partial charge in [-0.1, -0.05) is 63.0 Å². The summed E-state index contributed by atoms with van der Waals surface area (Å²) < 4.78 is 0. The lowest BCUT2D eigenvalue weighted by atomic mass is 10.1. The summed E-state index contributed by atoms with van der Waals surface area (Å²) in [4.78, 5) is 9.93. The second-order valence-electron chi connectivity index (χ2n) is 3.54. The smallest absolute Gasteiger partial charge is 0.142 e. The van der Waals surface area contributed by atoms with Crippen LogP contribution in [0.4, 0.5) is 0 Å². The molecule has 0 aliphatic rings. The van der Waals surface area contributed by atoms with Gasteiger partial charge in [-0.15, -0.1) is 0 Å². The molecule has 15 heavy (non-hydrogen) atoms. The van der Waals surface area contributed by atoms with E-state index in [0.717, 1.165) is 12.7 Å². The fraction of sp³-hybridized carbons (Fsp3) is 0.500. The van der Waals surface area contributed by atoms with Crippen LogP contribution in [0.5, 0.6) is 0 Å². The van der Waals surface area contributed by atoms with E-state index in [1.807, 2.05) is 18.2 Å². The van der Waals surface area contributed by atoms with Crippen molar-refractivity contribution in [2.75, 3.05) is 0 Å². The van der Waals surface area contributed by atoms with Crippen molar-refractivity contribution in [2.24, 2.45) is 0 Å². The van der Waals surface area contributed by atoms with Crippen molar-refractivity contribution in [1.29, 1.82) is 0 Å². The predicted molar refractivity (Wildman–Crippen MR) is 66.9 cm³/mol. The molecule has 0 aromatic carbocycles. The summed E-state index contributed by atoms with van der Waals surface area (Å²) in [6.45, 7) is 2.23. The molecule has 0 atom stereocenters. The highest BCUT2D eigenvalue weighted by Crippen LogP contribution is 2.05. The number of rotatable bonds is 9. The number of carbonyl (C=O) groups excluding carboxylic acids is 1. The minimum atomic E-state index is 0.780. The van der Waals surface area contributed by atoms with Gasteiger partial charge in [0.05, 0.1) is 0 Å². The van der Waals surface area contributed by atoms with Crippen LogP contribution in [0.25, 0.3) is 0 Å². The minimum absolute atomic E-state index is 0.780. The van der Waals surface area contributed by atoms with Crippen molar-refractivity contribution in [1.82, 2.24) is 0 Å². The monoisotopic (exact) mass is 206 g/mol. The Bertz CT molecular complexity index is 211. The van der Waals surface area contributed by atoms with Crippen LogP contribution >= 0.6 is 0 Å². The van der Waals surface area contributed by atoms with E-state index < -0.39 is 0 Å². The lowest BCUT2D eigenvalue weighted by molar-refractivity contribution is -0.104. The molecule has 0 aromatic rings. The Hall–Kier alpha value is -1.11. The van der Waals surface area contributed by atoms with Crippen LogP contribution in [0.1, 0.15) is 45.4 Å². The lowest BCUT2D eigenvalue weighted by Crippen LogP contribution is -1.75. The molecular formula is C14H22O. The molecular weight excluding hydrogens is 184 g/mol. The molecule has 0 fully saturated rings. The Labute approximate surface area is 93.6 Å². The van der Waals surface area contributed by atoms with Crippen LogP contribution in [-0.2, 0) is 4.79 Å². The molecule has 0 radical (unpaired) electrons. The summed E-state index contributed by atoms with van der Waals surface area (Å²) >= 11 is 0. The van der Waals surface area contributed by atoms with E-state index in [9.17, 15) is 4.79 Å². The fourth-order valence-corrected chi connectivity index (χ4v) is 1.28. The summed E-state index contributed by atoms with van der Waals surface area (Å²) in [6.07, 6.45) is 19.8. The Morgan fingerprint density at radius 2 is 1.47 bits per heavy atom. The van der Waals surface area contributed by atoms with Crippen LogP contribution in [0.3, 0.4) is 0 Å².